The topological polar surface area (TPSA) is 68.7 Å². The van der Waals surface area contributed by atoms with Gasteiger partial charge in [-0.2, -0.15) is 0 Å². The number of methoxy groups -OCH3 is 1. The summed E-state index contributed by atoms with van der Waals surface area (Å²) in [5.41, 5.74) is 3.30. The standard InChI is InChI=1S/C34H41FN2O4/c1-20(2)37(21(3)4)19-27-16-28(13-14-29(27)30-17-32(40-7)36-18-31(30)35)41-34(39)26-10-8-9-25(15-26)33(24-11-12-24)22(5)23(6)38/h8-10,13-18,20-22,24,33H,11-12,19H2,1-7H3/t22-,33+/m1/s1. The second-order valence-electron chi connectivity index (χ2n) is 11.7. The highest BCUT2D eigenvalue weighted by molar-refractivity contribution is 5.91. The third-order valence-electron chi connectivity index (χ3n) is 8.11. The molecule has 4 rings (SSSR count). The molecule has 0 bridgehead atoms. The molecule has 6 nitrogen and oxygen atoms in total. The van der Waals surface area contributed by atoms with E-state index in [9.17, 15) is 14.0 Å². The minimum absolute atomic E-state index is 0.0939. The van der Waals surface area contributed by atoms with E-state index in [1.54, 1.807) is 31.2 Å². The molecule has 2 aromatic carbocycles. The molecule has 0 unspecified atom stereocenters. The number of hydrogen-bond acceptors (Lipinski definition) is 6. The SMILES string of the molecule is COc1cc(-c2ccc(OC(=O)c3cccc([C@H](C4CC4)[C@H](C)C(C)=O)c3)cc2CN(C(C)C)C(C)C)c(F)cn1. The number of rotatable bonds is 12. The molecule has 0 radical (unpaired) electrons. The molecule has 1 aliphatic rings. The number of halogens is 1. The summed E-state index contributed by atoms with van der Waals surface area (Å²) in [6.07, 6.45) is 3.35. The van der Waals surface area contributed by atoms with Gasteiger partial charge in [0.15, 0.2) is 0 Å². The van der Waals surface area contributed by atoms with Crippen molar-refractivity contribution in [1.29, 1.82) is 0 Å². The van der Waals surface area contributed by atoms with Gasteiger partial charge in [-0.15, -0.1) is 0 Å². The van der Waals surface area contributed by atoms with Crippen LogP contribution in [0.3, 0.4) is 0 Å². The van der Waals surface area contributed by atoms with E-state index in [0.717, 1.165) is 30.2 Å². The van der Waals surface area contributed by atoms with Crippen LogP contribution < -0.4 is 9.47 Å². The fourth-order valence-corrected chi connectivity index (χ4v) is 5.64. The van der Waals surface area contributed by atoms with Crippen molar-refractivity contribution in [3.05, 3.63) is 77.2 Å². The monoisotopic (exact) mass is 560 g/mol. The Labute approximate surface area is 242 Å². The smallest absolute Gasteiger partial charge is 0.343 e. The molecule has 0 amide bonds. The van der Waals surface area contributed by atoms with Crippen LogP contribution in [0.4, 0.5) is 4.39 Å². The lowest BCUT2D eigenvalue weighted by Crippen LogP contribution is -2.36. The molecule has 1 fully saturated rings. The molecule has 0 aliphatic heterocycles. The van der Waals surface area contributed by atoms with Gasteiger partial charge in [-0.05, 0) is 100 Å². The molecule has 0 spiro atoms. The molecule has 1 aromatic heterocycles. The lowest BCUT2D eigenvalue weighted by Gasteiger charge is -2.31. The van der Waals surface area contributed by atoms with Crippen LogP contribution in [0.1, 0.15) is 81.8 Å². The third kappa shape index (κ3) is 7.20. The first-order valence-electron chi connectivity index (χ1n) is 14.4. The molecule has 0 saturated heterocycles. The largest absolute Gasteiger partial charge is 0.481 e. The maximum atomic E-state index is 15.0. The molecule has 7 heteroatoms. The van der Waals surface area contributed by atoms with Crippen LogP contribution in [-0.2, 0) is 11.3 Å². The zero-order chi connectivity index (χ0) is 29.8. The molecule has 2 atom stereocenters. The molecule has 41 heavy (non-hydrogen) atoms. The van der Waals surface area contributed by atoms with Crippen molar-refractivity contribution < 1.29 is 23.5 Å². The van der Waals surface area contributed by atoms with Crippen LogP contribution in [0.5, 0.6) is 11.6 Å². The van der Waals surface area contributed by atoms with Gasteiger partial charge in [-0.3, -0.25) is 9.69 Å². The highest BCUT2D eigenvalue weighted by Crippen LogP contribution is 2.47. The van der Waals surface area contributed by atoms with Gasteiger partial charge in [0.05, 0.1) is 18.9 Å². The average molecular weight is 561 g/mol. The quantitative estimate of drug-likeness (QED) is 0.169. The van der Waals surface area contributed by atoms with Crippen LogP contribution in [0, 0.1) is 17.7 Å². The van der Waals surface area contributed by atoms with Gasteiger partial charge in [-0.1, -0.05) is 25.1 Å². The van der Waals surface area contributed by atoms with Crippen LogP contribution in [0.2, 0.25) is 0 Å². The van der Waals surface area contributed by atoms with E-state index in [-0.39, 0.29) is 29.7 Å². The summed E-state index contributed by atoms with van der Waals surface area (Å²) in [6, 6.07) is 14.8. The van der Waals surface area contributed by atoms with Crippen molar-refractivity contribution in [2.45, 2.75) is 78.9 Å². The number of benzene rings is 2. The van der Waals surface area contributed by atoms with Crippen molar-refractivity contribution in [2.24, 2.45) is 11.8 Å². The van der Waals surface area contributed by atoms with E-state index in [1.165, 1.54) is 7.11 Å². The molecular weight excluding hydrogens is 519 g/mol. The first kappa shape index (κ1) is 30.4. The Morgan fingerprint density at radius 3 is 2.32 bits per heavy atom. The third-order valence-corrected chi connectivity index (χ3v) is 8.11. The van der Waals surface area contributed by atoms with Crippen LogP contribution in [0.15, 0.2) is 54.7 Å². The Morgan fingerprint density at radius 2 is 1.71 bits per heavy atom. The number of aromatic nitrogens is 1. The fourth-order valence-electron chi connectivity index (χ4n) is 5.64. The van der Waals surface area contributed by atoms with Gasteiger partial charge in [0.2, 0.25) is 5.88 Å². The van der Waals surface area contributed by atoms with E-state index in [4.69, 9.17) is 9.47 Å². The first-order chi connectivity index (χ1) is 19.5. The van der Waals surface area contributed by atoms with Crippen molar-refractivity contribution >= 4 is 11.8 Å². The summed E-state index contributed by atoms with van der Waals surface area (Å²) < 4.78 is 26.1. The summed E-state index contributed by atoms with van der Waals surface area (Å²) in [5.74, 6) is 0.364. The van der Waals surface area contributed by atoms with Gasteiger partial charge < -0.3 is 9.47 Å². The van der Waals surface area contributed by atoms with E-state index in [1.807, 2.05) is 31.2 Å². The Balaban J connectivity index is 1.67. The van der Waals surface area contributed by atoms with Gasteiger partial charge in [-0.25, -0.2) is 14.2 Å². The number of carbonyl (C=O) groups excluding carboxylic acids is 2. The summed E-state index contributed by atoms with van der Waals surface area (Å²) in [7, 11) is 1.50. The van der Waals surface area contributed by atoms with Crippen molar-refractivity contribution in [1.82, 2.24) is 9.88 Å². The molecule has 0 N–H and O–H groups in total. The Hall–Kier alpha value is -3.58. The van der Waals surface area contributed by atoms with Gasteiger partial charge in [0, 0.05) is 36.2 Å². The van der Waals surface area contributed by atoms with Gasteiger partial charge in [0.25, 0.3) is 0 Å². The van der Waals surface area contributed by atoms with Crippen molar-refractivity contribution in [3.8, 4) is 22.8 Å². The Morgan fingerprint density at radius 1 is 1.00 bits per heavy atom. The van der Waals surface area contributed by atoms with E-state index in [2.05, 4.69) is 37.6 Å². The lowest BCUT2D eigenvalue weighted by atomic mass is 9.81. The second-order valence-corrected chi connectivity index (χ2v) is 11.7. The molecular formula is C34H41FN2O4. The number of Topliss-reactive ketones (excluding diaryl/α,β-unsaturated/α-hetero) is 1. The summed E-state index contributed by atoms with van der Waals surface area (Å²) in [6.45, 7) is 12.6. The predicted molar refractivity (Wildman–Crippen MR) is 159 cm³/mol. The van der Waals surface area contributed by atoms with Crippen molar-refractivity contribution in [3.63, 3.8) is 0 Å². The number of ketones is 1. The normalized spacial score (nSPS) is 14.8. The van der Waals surface area contributed by atoms with E-state index < -0.39 is 11.8 Å². The van der Waals surface area contributed by atoms with Crippen LogP contribution in [0.25, 0.3) is 11.1 Å². The zero-order valence-corrected chi connectivity index (χ0v) is 25.1. The molecule has 1 aliphatic carbocycles. The Bertz CT molecular complexity index is 1390. The first-order valence-corrected chi connectivity index (χ1v) is 14.4. The van der Waals surface area contributed by atoms with E-state index in [0.29, 0.717) is 40.8 Å². The van der Waals surface area contributed by atoms with Crippen LogP contribution >= 0.6 is 0 Å². The highest BCUT2D eigenvalue weighted by atomic mass is 19.1. The number of hydrogen-bond donors (Lipinski definition) is 0. The molecule has 1 heterocycles. The number of nitrogens with zero attached hydrogens (tertiary/aromatic N) is 2. The summed E-state index contributed by atoms with van der Waals surface area (Å²) in [5, 5.41) is 0. The molecule has 218 valence electrons. The van der Waals surface area contributed by atoms with E-state index >= 15 is 0 Å². The number of carbonyl (C=O) groups is 2. The minimum atomic E-state index is -0.475. The van der Waals surface area contributed by atoms with Crippen molar-refractivity contribution in [2.75, 3.05) is 7.11 Å². The predicted octanol–water partition coefficient (Wildman–Crippen LogP) is 7.45. The maximum absolute atomic E-state index is 15.0. The van der Waals surface area contributed by atoms with Crippen LogP contribution in [-0.4, -0.2) is 40.8 Å². The highest BCUT2D eigenvalue weighted by Gasteiger charge is 2.37. The lowest BCUT2D eigenvalue weighted by molar-refractivity contribution is -0.121. The summed E-state index contributed by atoms with van der Waals surface area (Å²) >= 11 is 0. The Kier molecular flexibility index (Phi) is 9.59. The fraction of sp³-hybridized carbons (Fsp3) is 0.441. The second kappa shape index (κ2) is 12.9. The number of pyridine rings is 1. The number of ether oxygens (including phenoxy) is 2. The zero-order valence-electron chi connectivity index (χ0n) is 25.1. The average Bonchev–Trinajstić information content (AvgIpc) is 3.77. The minimum Gasteiger partial charge on any atom is -0.481 e. The summed E-state index contributed by atoms with van der Waals surface area (Å²) in [4.78, 5) is 31.8. The molecule has 3 aromatic rings. The van der Waals surface area contributed by atoms with Gasteiger partial charge in [0.1, 0.15) is 17.3 Å². The number of esters is 1. The van der Waals surface area contributed by atoms with Gasteiger partial charge >= 0.3 is 5.97 Å². The maximum Gasteiger partial charge on any atom is 0.343 e. The molecule has 1 saturated carbocycles.